The summed E-state index contributed by atoms with van der Waals surface area (Å²) in [6.07, 6.45) is 4.89. The quantitative estimate of drug-likeness (QED) is 0.723. The predicted octanol–water partition coefficient (Wildman–Crippen LogP) is 2.54. The topological polar surface area (TPSA) is 17.8 Å². The van der Waals surface area contributed by atoms with Gasteiger partial charge in [-0.2, -0.15) is 0 Å². The molecule has 1 aromatic heterocycles. The normalized spacial score (nSPS) is 16.2. The summed E-state index contributed by atoms with van der Waals surface area (Å²) < 4.78 is 3.33. The Morgan fingerprint density at radius 2 is 2.33 bits per heavy atom. The van der Waals surface area contributed by atoms with Crippen LogP contribution in [0.15, 0.2) is 4.73 Å². The molecular formula is C9H13BrN2. The van der Waals surface area contributed by atoms with Gasteiger partial charge in [0.2, 0.25) is 0 Å². The molecule has 0 aromatic carbocycles. The van der Waals surface area contributed by atoms with Gasteiger partial charge in [0.25, 0.3) is 0 Å². The number of aromatic nitrogens is 2. The van der Waals surface area contributed by atoms with E-state index in [1.165, 1.54) is 30.7 Å². The minimum Gasteiger partial charge on any atom is -0.322 e. The molecule has 3 heteroatoms. The Bertz CT molecular complexity index is 291. The van der Waals surface area contributed by atoms with E-state index in [1.807, 2.05) is 0 Å². The molecule has 0 saturated heterocycles. The first kappa shape index (κ1) is 8.30. The van der Waals surface area contributed by atoms with Crippen molar-refractivity contribution < 1.29 is 0 Å². The molecule has 2 rings (SSSR count). The zero-order valence-corrected chi connectivity index (χ0v) is 8.89. The number of rotatable bonds is 1. The van der Waals surface area contributed by atoms with Crippen LogP contribution in [0.1, 0.15) is 31.2 Å². The molecule has 12 heavy (non-hydrogen) atoms. The van der Waals surface area contributed by atoms with Crippen LogP contribution in [0.5, 0.6) is 0 Å². The molecule has 1 aliphatic heterocycles. The molecule has 0 saturated carbocycles. The minimum absolute atomic E-state index is 1.02. The van der Waals surface area contributed by atoms with Crippen LogP contribution < -0.4 is 0 Å². The maximum Gasteiger partial charge on any atom is 0.177 e. The average Bonchev–Trinajstić information content (AvgIpc) is 2.44. The summed E-state index contributed by atoms with van der Waals surface area (Å²) in [5.74, 6) is 0. The van der Waals surface area contributed by atoms with E-state index in [-0.39, 0.29) is 0 Å². The zero-order chi connectivity index (χ0) is 8.55. The van der Waals surface area contributed by atoms with Crippen molar-refractivity contribution in [2.24, 2.45) is 0 Å². The first-order valence-corrected chi connectivity index (χ1v) is 5.36. The van der Waals surface area contributed by atoms with Gasteiger partial charge in [-0.15, -0.1) is 0 Å². The van der Waals surface area contributed by atoms with Crippen LogP contribution >= 0.6 is 15.9 Å². The molecule has 0 amide bonds. The number of imidazole rings is 1. The maximum absolute atomic E-state index is 4.49. The molecule has 0 N–H and O–H groups in total. The van der Waals surface area contributed by atoms with Crippen LogP contribution in [0.3, 0.4) is 0 Å². The van der Waals surface area contributed by atoms with Gasteiger partial charge in [0, 0.05) is 12.2 Å². The second-order valence-electron chi connectivity index (χ2n) is 3.24. The molecule has 2 heterocycles. The molecule has 0 fully saturated rings. The molecule has 66 valence electrons. The van der Waals surface area contributed by atoms with E-state index in [0.717, 1.165) is 17.7 Å². The van der Waals surface area contributed by atoms with Crippen LogP contribution in [0.2, 0.25) is 0 Å². The van der Waals surface area contributed by atoms with Gasteiger partial charge in [-0.05, 0) is 41.6 Å². The van der Waals surface area contributed by atoms with Gasteiger partial charge in [-0.1, -0.05) is 6.92 Å². The Kier molecular flexibility index (Phi) is 2.22. The average molecular weight is 229 g/mol. The van der Waals surface area contributed by atoms with E-state index in [0.29, 0.717) is 0 Å². The SMILES string of the molecule is CCc1nc(Br)n2c1CCCC2. The first-order valence-electron chi connectivity index (χ1n) is 4.56. The minimum atomic E-state index is 1.02. The zero-order valence-electron chi connectivity index (χ0n) is 7.31. The Morgan fingerprint density at radius 1 is 1.50 bits per heavy atom. The van der Waals surface area contributed by atoms with Crippen LogP contribution in [0.25, 0.3) is 0 Å². The highest BCUT2D eigenvalue weighted by atomic mass is 79.9. The van der Waals surface area contributed by atoms with Crippen LogP contribution in [0.4, 0.5) is 0 Å². The molecule has 2 nitrogen and oxygen atoms in total. The van der Waals surface area contributed by atoms with Crippen molar-refractivity contribution in [1.29, 1.82) is 0 Å². The van der Waals surface area contributed by atoms with E-state index in [2.05, 4.69) is 32.4 Å². The molecular weight excluding hydrogens is 216 g/mol. The van der Waals surface area contributed by atoms with E-state index in [9.17, 15) is 0 Å². The number of fused-ring (bicyclic) bond motifs is 1. The Balaban J connectivity index is 2.47. The summed E-state index contributed by atoms with van der Waals surface area (Å²) in [5, 5.41) is 0. The highest BCUT2D eigenvalue weighted by molar-refractivity contribution is 9.10. The van der Waals surface area contributed by atoms with Crippen molar-refractivity contribution in [3.8, 4) is 0 Å². The Hall–Kier alpha value is -0.310. The smallest absolute Gasteiger partial charge is 0.177 e. The van der Waals surface area contributed by atoms with Crippen LogP contribution in [-0.2, 0) is 19.4 Å². The summed E-state index contributed by atoms with van der Waals surface area (Å²) in [4.78, 5) is 4.49. The van der Waals surface area contributed by atoms with Crippen molar-refractivity contribution in [2.75, 3.05) is 0 Å². The highest BCUT2D eigenvalue weighted by Crippen LogP contribution is 2.23. The van der Waals surface area contributed by atoms with Gasteiger partial charge in [-0.3, -0.25) is 0 Å². The molecule has 0 spiro atoms. The van der Waals surface area contributed by atoms with Gasteiger partial charge in [0.1, 0.15) is 0 Å². The maximum atomic E-state index is 4.49. The largest absolute Gasteiger partial charge is 0.322 e. The molecule has 0 unspecified atom stereocenters. The van der Waals surface area contributed by atoms with E-state index in [4.69, 9.17) is 0 Å². The third-order valence-corrected chi connectivity index (χ3v) is 3.09. The lowest BCUT2D eigenvalue weighted by Crippen LogP contribution is -2.10. The summed E-state index contributed by atoms with van der Waals surface area (Å²) >= 11 is 3.50. The molecule has 0 bridgehead atoms. The Morgan fingerprint density at radius 3 is 3.08 bits per heavy atom. The van der Waals surface area contributed by atoms with Crippen molar-refractivity contribution in [2.45, 2.75) is 39.2 Å². The lowest BCUT2D eigenvalue weighted by molar-refractivity contribution is 0.522. The lowest BCUT2D eigenvalue weighted by Gasteiger charge is -2.15. The molecule has 1 aliphatic rings. The summed E-state index contributed by atoms with van der Waals surface area (Å²) in [5.41, 5.74) is 2.73. The van der Waals surface area contributed by atoms with Gasteiger partial charge in [0.05, 0.1) is 5.69 Å². The van der Waals surface area contributed by atoms with Crippen LogP contribution in [-0.4, -0.2) is 9.55 Å². The summed E-state index contributed by atoms with van der Waals surface area (Å²) in [7, 11) is 0. The number of nitrogens with zero attached hydrogens (tertiary/aromatic N) is 2. The molecule has 1 aromatic rings. The van der Waals surface area contributed by atoms with Crippen molar-refractivity contribution in [3.63, 3.8) is 0 Å². The Labute approximate surface area is 81.1 Å². The monoisotopic (exact) mass is 228 g/mol. The van der Waals surface area contributed by atoms with Crippen LogP contribution in [0, 0.1) is 0 Å². The third kappa shape index (κ3) is 1.20. The second-order valence-corrected chi connectivity index (χ2v) is 3.95. The van der Waals surface area contributed by atoms with Gasteiger partial charge < -0.3 is 4.57 Å². The number of aryl methyl sites for hydroxylation is 1. The third-order valence-electron chi connectivity index (χ3n) is 2.49. The molecule has 0 atom stereocenters. The van der Waals surface area contributed by atoms with Crippen molar-refractivity contribution in [3.05, 3.63) is 16.1 Å². The number of halogens is 1. The van der Waals surface area contributed by atoms with E-state index in [1.54, 1.807) is 0 Å². The van der Waals surface area contributed by atoms with Gasteiger partial charge >= 0.3 is 0 Å². The van der Waals surface area contributed by atoms with Gasteiger partial charge in [0.15, 0.2) is 4.73 Å². The number of hydrogen-bond donors (Lipinski definition) is 0. The first-order chi connectivity index (χ1) is 5.83. The molecule has 0 aliphatic carbocycles. The van der Waals surface area contributed by atoms with E-state index < -0.39 is 0 Å². The van der Waals surface area contributed by atoms with Crippen molar-refractivity contribution in [1.82, 2.24) is 9.55 Å². The second kappa shape index (κ2) is 3.21. The van der Waals surface area contributed by atoms with Crippen molar-refractivity contribution >= 4 is 15.9 Å². The number of hydrogen-bond acceptors (Lipinski definition) is 1. The van der Waals surface area contributed by atoms with E-state index >= 15 is 0 Å². The highest BCUT2D eigenvalue weighted by Gasteiger charge is 2.16. The fraction of sp³-hybridized carbons (Fsp3) is 0.667. The predicted molar refractivity (Wildman–Crippen MR) is 52.2 cm³/mol. The summed E-state index contributed by atoms with van der Waals surface area (Å²) in [6.45, 7) is 3.31. The standard InChI is InChI=1S/C9H13BrN2/c1-2-7-8-5-3-4-6-12(8)9(10)11-7/h2-6H2,1H3. The lowest BCUT2D eigenvalue weighted by atomic mass is 10.1. The fourth-order valence-electron chi connectivity index (χ4n) is 1.86. The van der Waals surface area contributed by atoms with Gasteiger partial charge in [-0.25, -0.2) is 4.98 Å². The summed E-state index contributed by atoms with van der Waals surface area (Å²) in [6, 6.07) is 0. The fourth-order valence-corrected chi connectivity index (χ4v) is 2.46. The molecule has 0 radical (unpaired) electrons.